The van der Waals surface area contributed by atoms with E-state index in [0.717, 1.165) is 17.7 Å². The number of hydrogen-bond acceptors (Lipinski definition) is 2. The Kier molecular flexibility index (Phi) is 3.54. The van der Waals surface area contributed by atoms with Crippen LogP contribution in [0.3, 0.4) is 0 Å². The van der Waals surface area contributed by atoms with Crippen LogP contribution < -0.4 is 4.74 Å². The molecule has 0 saturated heterocycles. The van der Waals surface area contributed by atoms with Crippen molar-refractivity contribution in [3.63, 3.8) is 0 Å². The minimum Gasteiger partial charge on any atom is -0.484 e. The fourth-order valence-electron chi connectivity index (χ4n) is 1.51. The molecule has 2 rings (SSSR count). The summed E-state index contributed by atoms with van der Waals surface area (Å²) in [5, 5.41) is 8.78. The van der Waals surface area contributed by atoms with Gasteiger partial charge in [0.1, 0.15) is 24.1 Å². The number of nitrogens with zero attached hydrogens (tertiary/aromatic N) is 1. The summed E-state index contributed by atoms with van der Waals surface area (Å²) in [6.07, 6.45) is 0. The molecule has 0 aliphatic heterocycles. The summed E-state index contributed by atoms with van der Waals surface area (Å²) in [7, 11) is 0. The van der Waals surface area contributed by atoms with Gasteiger partial charge in [-0.25, -0.2) is 8.78 Å². The highest BCUT2D eigenvalue weighted by molar-refractivity contribution is 5.45. The van der Waals surface area contributed by atoms with Crippen molar-refractivity contribution in [2.24, 2.45) is 0 Å². The Morgan fingerprint density at radius 2 is 1.67 bits per heavy atom. The molecule has 0 saturated carbocycles. The summed E-state index contributed by atoms with van der Waals surface area (Å²) in [5.74, 6) is -1.88. The molecule has 2 aromatic carbocycles. The van der Waals surface area contributed by atoms with Gasteiger partial charge in [-0.05, 0) is 17.7 Å². The summed E-state index contributed by atoms with van der Waals surface area (Å²) in [6.45, 7) is 0.0793. The highest BCUT2D eigenvalue weighted by Crippen LogP contribution is 2.25. The van der Waals surface area contributed by atoms with E-state index in [4.69, 9.17) is 10.00 Å². The van der Waals surface area contributed by atoms with Crippen LogP contribution in [0.25, 0.3) is 0 Å². The fourth-order valence-corrected chi connectivity index (χ4v) is 1.51. The average molecular weight is 245 g/mol. The largest absolute Gasteiger partial charge is 0.484 e. The van der Waals surface area contributed by atoms with Gasteiger partial charge >= 0.3 is 0 Å². The van der Waals surface area contributed by atoms with Crippen LogP contribution in [0, 0.1) is 23.0 Å². The van der Waals surface area contributed by atoms with E-state index in [0.29, 0.717) is 0 Å². The van der Waals surface area contributed by atoms with Crippen LogP contribution in [0.5, 0.6) is 5.75 Å². The lowest BCUT2D eigenvalue weighted by molar-refractivity contribution is 0.287. The molecule has 18 heavy (non-hydrogen) atoms. The number of benzene rings is 2. The second-order valence-corrected chi connectivity index (χ2v) is 3.62. The SMILES string of the molecule is N#Cc1c(F)ccc(F)c1OCc1ccccc1. The minimum absolute atomic E-state index is 0.0793. The maximum atomic E-state index is 13.5. The average Bonchev–Trinajstić information content (AvgIpc) is 2.41. The topological polar surface area (TPSA) is 33.0 Å². The number of rotatable bonds is 3. The zero-order valence-electron chi connectivity index (χ0n) is 9.36. The molecule has 0 N–H and O–H groups in total. The number of hydrogen-bond donors (Lipinski definition) is 0. The van der Waals surface area contributed by atoms with Gasteiger partial charge in [0.25, 0.3) is 0 Å². The molecule has 0 aromatic heterocycles. The molecular formula is C14H9F2NO. The van der Waals surface area contributed by atoms with Gasteiger partial charge in [-0.15, -0.1) is 0 Å². The van der Waals surface area contributed by atoms with Crippen molar-refractivity contribution in [2.45, 2.75) is 6.61 Å². The van der Waals surface area contributed by atoms with E-state index in [1.165, 1.54) is 0 Å². The molecule has 0 unspecified atom stereocenters. The highest BCUT2D eigenvalue weighted by Gasteiger charge is 2.15. The van der Waals surface area contributed by atoms with Crippen molar-refractivity contribution in [1.29, 1.82) is 5.26 Å². The summed E-state index contributed by atoms with van der Waals surface area (Å²) in [6, 6.07) is 12.5. The molecule has 2 aromatic rings. The van der Waals surface area contributed by atoms with Gasteiger partial charge in [0.2, 0.25) is 0 Å². The molecule has 0 fully saturated rings. The summed E-state index contributed by atoms with van der Waals surface area (Å²) in [5.41, 5.74) is 0.399. The predicted octanol–water partition coefficient (Wildman–Crippen LogP) is 3.42. The second kappa shape index (κ2) is 5.28. The molecule has 0 aliphatic rings. The number of halogens is 2. The van der Waals surface area contributed by atoms with E-state index in [1.807, 2.05) is 18.2 Å². The Bertz CT molecular complexity index is 591. The van der Waals surface area contributed by atoms with Gasteiger partial charge in [-0.1, -0.05) is 30.3 Å². The van der Waals surface area contributed by atoms with Crippen molar-refractivity contribution in [3.8, 4) is 11.8 Å². The molecule has 4 heteroatoms. The smallest absolute Gasteiger partial charge is 0.176 e. The van der Waals surface area contributed by atoms with Gasteiger partial charge in [0, 0.05) is 0 Å². The molecule has 0 amide bonds. The first-order valence-electron chi connectivity index (χ1n) is 5.27. The van der Waals surface area contributed by atoms with Crippen LogP contribution in [0.15, 0.2) is 42.5 Å². The Balaban J connectivity index is 2.25. The third-order valence-corrected chi connectivity index (χ3v) is 2.40. The molecule has 0 bridgehead atoms. The second-order valence-electron chi connectivity index (χ2n) is 3.62. The van der Waals surface area contributed by atoms with Crippen molar-refractivity contribution < 1.29 is 13.5 Å². The Morgan fingerprint density at radius 3 is 2.33 bits per heavy atom. The molecule has 0 atom stereocenters. The summed E-state index contributed by atoms with van der Waals surface area (Å²) in [4.78, 5) is 0. The van der Waals surface area contributed by atoms with Crippen molar-refractivity contribution in [2.75, 3.05) is 0 Å². The lowest BCUT2D eigenvalue weighted by atomic mass is 10.2. The normalized spacial score (nSPS) is 9.83. The standard InChI is InChI=1S/C14H9F2NO/c15-12-6-7-13(16)14(11(12)8-17)18-9-10-4-2-1-3-5-10/h1-7H,9H2. The van der Waals surface area contributed by atoms with Crippen LogP contribution in [0.4, 0.5) is 8.78 Å². The van der Waals surface area contributed by atoms with E-state index >= 15 is 0 Å². The highest BCUT2D eigenvalue weighted by atomic mass is 19.1. The van der Waals surface area contributed by atoms with Gasteiger partial charge in [0.05, 0.1) is 0 Å². The summed E-state index contributed by atoms with van der Waals surface area (Å²) < 4.78 is 32.0. The fraction of sp³-hybridized carbons (Fsp3) is 0.0714. The van der Waals surface area contributed by atoms with Gasteiger partial charge in [-0.3, -0.25) is 0 Å². The Morgan fingerprint density at radius 1 is 1.00 bits per heavy atom. The quantitative estimate of drug-likeness (QED) is 0.830. The lowest BCUT2D eigenvalue weighted by Gasteiger charge is -2.09. The van der Waals surface area contributed by atoms with E-state index in [2.05, 4.69) is 0 Å². The predicted molar refractivity (Wildman–Crippen MR) is 61.8 cm³/mol. The summed E-state index contributed by atoms with van der Waals surface area (Å²) >= 11 is 0. The van der Waals surface area contributed by atoms with E-state index in [-0.39, 0.29) is 12.4 Å². The number of nitriles is 1. The maximum absolute atomic E-state index is 13.5. The number of ether oxygens (including phenoxy) is 1. The first-order valence-corrected chi connectivity index (χ1v) is 5.27. The van der Waals surface area contributed by atoms with Crippen LogP contribution in [0.2, 0.25) is 0 Å². The lowest BCUT2D eigenvalue weighted by Crippen LogP contribution is -2.01. The minimum atomic E-state index is -0.790. The Labute approximate surface area is 103 Å². The van der Waals surface area contributed by atoms with Gasteiger partial charge in [-0.2, -0.15) is 5.26 Å². The Hall–Kier alpha value is -2.41. The third-order valence-electron chi connectivity index (χ3n) is 2.40. The van der Waals surface area contributed by atoms with Gasteiger partial charge < -0.3 is 4.74 Å². The van der Waals surface area contributed by atoms with E-state index in [9.17, 15) is 8.78 Å². The van der Waals surface area contributed by atoms with Crippen molar-refractivity contribution in [1.82, 2.24) is 0 Å². The maximum Gasteiger partial charge on any atom is 0.176 e. The van der Waals surface area contributed by atoms with Crippen LogP contribution >= 0.6 is 0 Å². The van der Waals surface area contributed by atoms with Crippen molar-refractivity contribution in [3.05, 3.63) is 65.2 Å². The molecule has 0 aliphatic carbocycles. The molecule has 0 radical (unpaired) electrons. The molecule has 2 nitrogen and oxygen atoms in total. The van der Waals surface area contributed by atoms with E-state index in [1.54, 1.807) is 18.2 Å². The van der Waals surface area contributed by atoms with Crippen LogP contribution in [-0.4, -0.2) is 0 Å². The third kappa shape index (κ3) is 2.46. The first-order chi connectivity index (χ1) is 8.72. The molecule has 90 valence electrons. The molecule has 0 heterocycles. The molecular weight excluding hydrogens is 236 g/mol. The first kappa shape index (κ1) is 12.1. The monoisotopic (exact) mass is 245 g/mol. The van der Waals surface area contributed by atoms with Gasteiger partial charge in [0.15, 0.2) is 11.6 Å². The van der Waals surface area contributed by atoms with Crippen LogP contribution in [-0.2, 0) is 6.61 Å². The van der Waals surface area contributed by atoms with E-state index < -0.39 is 17.2 Å². The van der Waals surface area contributed by atoms with Crippen molar-refractivity contribution >= 4 is 0 Å². The zero-order valence-corrected chi connectivity index (χ0v) is 9.36. The molecule has 0 spiro atoms. The van der Waals surface area contributed by atoms with Crippen LogP contribution in [0.1, 0.15) is 11.1 Å². The zero-order chi connectivity index (χ0) is 13.0.